The van der Waals surface area contributed by atoms with Crippen molar-refractivity contribution in [3.63, 3.8) is 0 Å². The van der Waals surface area contributed by atoms with Crippen LogP contribution in [0.1, 0.15) is 58.8 Å². The largest absolute Gasteiger partial charge is 0.335 e. The van der Waals surface area contributed by atoms with E-state index in [4.69, 9.17) is 0 Å². The zero-order valence-corrected chi connectivity index (χ0v) is 11.2. The van der Waals surface area contributed by atoms with Crippen molar-refractivity contribution in [2.45, 2.75) is 70.9 Å². The van der Waals surface area contributed by atoms with Crippen molar-refractivity contribution < 1.29 is 4.79 Å². The lowest BCUT2D eigenvalue weighted by Gasteiger charge is -2.34. The van der Waals surface area contributed by atoms with Crippen LogP contribution >= 0.6 is 0 Å². The molecule has 0 aromatic rings. The Morgan fingerprint density at radius 3 is 2.35 bits per heavy atom. The lowest BCUT2D eigenvalue weighted by molar-refractivity contribution is 0.193. The molecule has 0 heterocycles. The summed E-state index contributed by atoms with van der Waals surface area (Å²) in [5.41, 5.74) is 0. The summed E-state index contributed by atoms with van der Waals surface area (Å²) >= 11 is 0. The molecule has 2 N–H and O–H groups in total. The Hall–Kier alpha value is -0.730. The van der Waals surface area contributed by atoms with E-state index in [1.165, 1.54) is 25.7 Å². The molecule has 0 spiro atoms. The number of carbonyl (C=O) groups is 1. The van der Waals surface area contributed by atoms with E-state index in [1.807, 2.05) is 0 Å². The summed E-state index contributed by atoms with van der Waals surface area (Å²) in [6.07, 6.45) is 8.55. The SMILES string of the molecule is CC1CCCC(NC(=O)NC2CCCC2)C1C. The monoisotopic (exact) mass is 238 g/mol. The van der Waals surface area contributed by atoms with Gasteiger partial charge < -0.3 is 10.6 Å². The van der Waals surface area contributed by atoms with Crippen LogP contribution in [-0.2, 0) is 0 Å². The zero-order valence-electron chi connectivity index (χ0n) is 11.2. The van der Waals surface area contributed by atoms with Gasteiger partial charge in [-0.3, -0.25) is 0 Å². The molecule has 2 fully saturated rings. The molecule has 2 saturated carbocycles. The van der Waals surface area contributed by atoms with Crippen molar-refractivity contribution >= 4 is 6.03 Å². The van der Waals surface area contributed by atoms with Gasteiger partial charge >= 0.3 is 6.03 Å². The zero-order chi connectivity index (χ0) is 12.3. The highest BCUT2D eigenvalue weighted by molar-refractivity contribution is 5.74. The fraction of sp³-hybridized carbons (Fsp3) is 0.929. The Bertz CT molecular complexity index is 261. The molecule has 0 aromatic carbocycles. The summed E-state index contributed by atoms with van der Waals surface area (Å²) in [5.74, 6) is 1.35. The van der Waals surface area contributed by atoms with Gasteiger partial charge in [-0.2, -0.15) is 0 Å². The van der Waals surface area contributed by atoms with Crippen LogP contribution < -0.4 is 10.6 Å². The van der Waals surface area contributed by atoms with E-state index in [1.54, 1.807) is 0 Å². The van der Waals surface area contributed by atoms with E-state index in [-0.39, 0.29) is 6.03 Å². The molecule has 3 heteroatoms. The van der Waals surface area contributed by atoms with Crippen molar-refractivity contribution in [2.24, 2.45) is 11.8 Å². The Kier molecular flexibility index (Phi) is 4.30. The lowest BCUT2D eigenvalue weighted by atomic mass is 9.78. The highest BCUT2D eigenvalue weighted by Gasteiger charge is 2.28. The molecule has 3 nitrogen and oxygen atoms in total. The van der Waals surface area contributed by atoms with Crippen molar-refractivity contribution in [1.29, 1.82) is 0 Å². The first-order valence-electron chi connectivity index (χ1n) is 7.24. The molecule has 3 unspecified atom stereocenters. The molecule has 17 heavy (non-hydrogen) atoms. The summed E-state index contributed by atoms with van der Waals surface area (Å²) in [5, 5.41) is 6.29. The van der Waals surface area contributed by atoms with Crippen molar-refractivity contribution in [3.05, 3.63) is 0 Å². The topological polar surface area (TPSA) is 41.1 Å². The molecule has 98 valence electrons. The molecule has 2 aliphatic rings. The van der Waals surface area contributed by atoms with Crippen LogP contribution in [0.3, 0.4) is 0 Å². The summed E-state index contributed by atoms with van der Waals surface area (Å²) < 4.78 is 0. The third-order valence-electron chi connectivity index (χ3n) is 4.71. The van der Waals surface area contributed by atoms with Gasteiger partial charge in [0.25, 0.3) is 0 Å². The fourth-order valence-corrected chi connectivity index (χ4v) is 3.25. The van der Waals surface area contributed by atoms with Gasteiger partial charge in [0.15, 0.2) is 0 Å². The third-order valence-corrected chi connectivity index (χ3v) is 4.71. The average Bonchev–Trinajstić information content (AvgIpc) is 2.77. The maximum Gasteiger partial charge on any atom is 0.315 e. The molecule has 2 amide bonds. The Labute approximate surface area is 105 Å². The molecule has 2 aliphatic carbocycles. The van der Waals surface area contributed by atoms with Gasteiger partial charge in [-0.1, -0.05) is 39.5 Å². The number of hydrogen-bond acceptors (Lipinski definition) is 1. The standard InChI is InChI=1S/C14H26N2O/c1-10-6-5-9-13(11(10)2)16-14(17)15-12-7-3-4-8-12/h10-13H,3-9H2,1-2H3,(H2,15,16,17). The second kappa shape index (κ2) is 5.74. The number of carbonyl (C=O) groups excluding carboxylic acids is 1. The van der Waals surface area contributed by atoms with Crippen molar-refractivity contribution in [2.75, 3.05) is 0 Å². The van der Waals surface area contributed by atoms with E-state index in [0.29, 0.717) is 18.0 Å². The molecule has 2 rings (SSSR count). The van der Waals surface area contributed by atoms with Gasteiger partial charge in [0.05, 0.1) is 0 Å². The summed E-state index contributed by atoms with van der Waals surface area (Å²) in [7, 11) is 0. The fourth-order valence-electron chi connectivity index (χ4n) is 3.25. The van der Waals surface area contributed by atoms with Crippen LogP contribution in [0, 0.1) is 11.8 Å². The van der Waals surface area contributed by atoms with Crippen LogP contribution in [-0.4, -0.2) is 18.1 Å². The van der Waals surface area contributed by atoms with E-state index in [0.717, 1.165) is 25.2 Å². The highest BCUT2D eigenvalue weighted by atomic mass is 16.2. The van der Waals surface area contributed by atoms with Crippen LogP contribution in [0.15, 0.2) is 0 Å². The van der Waals surface area contributed by atoms with E-state index in [9.17, 15) is 4.79 Å². The van der Waals surface area contributed by atoms with Crippen molar-refractivity contribution in [1.82, 2.24) is 10.6 Å². The Balaban J connectivity index is 1.76. The normalized spacial score (nSPS) is 34.6. The number of amides is 2. The van der Waals surface area contributed by atoms with Crippen LogP contribution in [0.5, 0.6) is 0 Å². The first kappa shape index (κ1) is 12.7. The summed E-state index contributed by atoms with van der Waals surface area (Å²) in [6, 6.07) is 0.856. The van der Waals surface area contributed by atoms with Crippen LogP contribution in [0.2, 0.25) is 0 Å². The maximum atomic E-state index is 11.9. The minimum Gasteiger partial charge on any atom is -0.335 e. The maximum absolute atomic E-state index is 11.9. The van der Waals surface area contributed by atoms with E-state index >= 15 is 0 Å². The second-order valence-corrected chi connectivity index (χ2v) is 5.97. The van der Waals surface area contributed by atoms with Gasteiger partial charge in [0.2, 0.25) is 0 Å². The van der Waals surface area contributed by atoms with Gasteiger partial charge in [0.1, 0.15) is 0 Å². The molecule has 0 aromatic heterocycles. The molecule has 0 aliphatic heterocycles. The lowest BCUT2D eigenvalue weighted by Crippen LogP contribution is -2.49. The highest BCUT2D eigenvalue weighted by Crippen LogP contribution is 2.29. The Morgan fingerprint density at radius 2 is 1.65 bits per heavy atom. The van der Waals surface area contributed by atoms with Gasteiger partial charge in [-0.05, 0) is 31.1 Å². The minimum atomic E-state index is 0.0582. The number of urea groups is 1. The molecular weight excluding hydrogens is 212 g/mol. The number of rotatable bonds is 2. The smallest absolute Gasteiger partial charge is 0.315 e. The van der Waals surface area contributed by atoms with Crippen LogP contribution in [0.4, 0.5) is 4.79 Å². The summed E-state index contributed by atoms with van der Waals surface area (Å²) in [4.78, 5) is 11.9. The second-order valence-electron chi connectivity index (χ2n) is 5.97. The van der Waals surface area contributed by atoms with E-state index in [2.05, 4.69) is 24.5 Å². The Morgan fingerprint density at radius 1 is 0.941 bits per heavy atom. The van der Waals surface area contributed by atoms with Gasteiger partial charge in [-0.25, -0.2) is 4.79 Å². The molecule has 0 radical (unpaired) electrons. The minimum absolute atomic E-state index is 0.0582. The van der Waals surface area contributed by atoms with Gasteiger partial charge in [0, 0.05) is 12.1 Å². The first-order valence-corrected chi connectivity index (χ1v) is 7.24. The van der Waals surface area contributed by atoms with Crippen LogP contribution in [0.25, 0.3) is 0 Å². The molecule has 3 atom stereocenters. The van der Waals surface area contributed by atoms with Gasteiger partial charge in [-0.15, -0.1) is 0 Å². The molecule has 0 bridgehead atoms. The predicted molar refractivity (Wildman–Crippen MR) is 69.9 cm³/mol. The first-order chi connectivity index (χ1) is 8.16. The van der Waals surface area contributed by atoms with E-state index < -0.39 is 0 Å². The average molecular weight is 238 g/mol. The number of nitrogens with one attached hydrogen (secondary N) is 2. The molecular formula is C14H26N2O. The summed E-state index contributed by atoms with van der Waals surface area (Å²) in [6.45, 7) is 4.57. The van der Waals surface area contributed by atoms with Crippen molar-refractivity contribution in [3.8, 4) is 0 Å². The third kappa shape index (κ3) is 3.36. The number of hydrogen-bond donors (Lipinski definition) is 2. The predicted octanol–water partition coefficient (Wildman–Crippen LogP) is 3.05. The quantitative estimate of drug-likeness (QED) is 0.762. The molecule has 0 saturated heterocycles.